The van der Waals surface area contributed by atoms with Crippen LogP contribution in [0.3, 0.4) is 0 Å². The molecule has 2 aliphatic rings. The van der Waals surface area contributed by atoms with Crippen molar-refractivity contribution in [2.75, 3.05) is 11.4 Å². The molecule has 4 aromatic heterocycles. The number of aromatic nitrogens is 6. The summed E-state index contributed by atoms with van der Waals surface area (Å²) in [4.78, 5) is 30.6. The van der Waals surface area contributed by atoms with E-state index in [0.29, 0.717) is 30.2 Å². The second-order valence-electron chi connectivity index (χ2n) is 8.79. The SMILES string of the molecule is O=C(NC1CCC1)c1cnc(N2CCc3[nH]cnc3[C@@H]2c2cc3c(C(F)(F)F)cccn3n2)cn1. The van der Waals surface area contributed by atoms with Gasteiger partial charge in [-0.15, -0.1) is 0 Å². The molecule has 5 heterocycles. The molecule has 0 unspecified atom stereocenters. The first-order valence-electron chi connectivity index (χ1n) is 11.4. The monoisotopic (exact) mass is 482 g/mol. The molecular formula is C23H21F3N8O. The zero-order valence-corrected chi connectivity index (χ0v) is 18.5. The van der Waals surface area contributed by atoms with Crippen molar-refractivity contribution in [1.29, 1.82) is 0 Å². The van der Waals surface area contributed by atoms with Gasteiger partial charge in [0.25, 0.3) is 5.91 Å². The number of halogens is 3. The standard InChI is InChI=1S/C23H21F3N8O/c24-23(25,26)14-5-2-7-34-18(14)9-16(32-34)21-20-15(29-12-30-20)6-8-33(21)19-11-27-17(10-28-19)22(35)31-13-3-1-4-13/h2,5,7,9-13,21H,1,3-4,6,8H2,(H,29,30)(H,31,35)/t21-/m0/s1. The maximum Gasteiger partial charge on any atom is 0.418 e. The van der Waals surface area contributed by atoms with Gasteiger partial charge < -0.3 is 15.2 Å². The number of anilines is 1. The Hall–Kier alpha value is -3.96. The zero-order valence-electron chi connectivity index (χ0n) is 18.5. The van der Waals surface area contributed by atoms with Gasteiger partial charge >= 0.3 is 6.18 Å². The van der Waals surface area contributed by atoms with Gasteiger partial charge in [0.05, 0.1) is 41.2 Å². The molecule has 1 saturated carbocycles. The molecule has 0 aromatic carbocycles. The van der Waals surface area contributed by atoms with Crippen molar-refractivity contribution in [3.05, 3.63) is 71.5 Å². The molecular weight excluding hydrogens is 461 g/mol. The first-order chi connectivity index (χ1) is 16.9. The number of fused-ring (bicyclic) bond motifs is 2. The first-order valence-corrected chi connectivity index (χ1v) is 11.4. The molecule has 1 aliphatic heterocycles. The average Bonchev–Trinajstić information content (AvgIpc) is 3.46. The number of H-pyrrole nitrogens is 1. The van der Waals surface area contributed by atoms with Crippen LogP contribution in [0, 0.1) is 0 Å². The van der Waals surface area contributed by atoms with Crippen molar-refractivity contribution in [3.8, 4) is 0 Å². The highest BCUT2D eigenvalue weighted by Crippen LogP contribution is 2.38. The second kappa shape index (κ2) is 8.07. The number of alkyl halides is 3. The predicted molar refractivity (Wildman–Crippen MR) is 119 cm³/mol. The normalized spacial score (nSPS) is 18.4. The summed E-state index contributed by atoms with van der Waals surface area (Å²) < 4.78 is 42.0. The molecule has 9 nitrogen and oxygen atoms in total. The van der Waals surface area contributed by atoms with Gasteiger partial charge in [0.1, 0.15) is 17.6 Å². The van der Waals surface area contributed by atoms with E-state index in [1.54, 1.807) is 6.33 Å². The van der Waals surface area contributed by atoms with Gasteiger partial charge in [-0.25, -0.2) is 19.5 Å². The number of amides is 1. The second-order valence-corrected chi connectivity index (χ2v) is 8.79. The third kappa shape index (κ3) is 3.78. The van der Waals surface area contributed by atoms with Crippen molar-refractivity contribution in [1.82, 2.24) is 34.9 Å². The van der Waals surface area contributed by atoms with E-state index in [0.717, 1.165) is 31.0 Å². The fourth-order valence-electron chi connectivity index (χ4n) is 4.63. The molecule has 0 radical (unpaired) electrons. The number of carbonyl (C=O) groups excluding carboxylic acids is 1. The fourth-order valence-corrected chi connectivity index (χ4v) is 4.63. The summed E-state index contributed by atoms with van der Waals surface area (Å²) in [5.41, 5.74) is 1.39. The number of pyridine rings is 1. The summed E-state index contributed by atoms with van der Waals surface area (Å²) in [5.74, 6) is 0.218. The summed E-state index contributed by atoms with van der Waals surface area (Å²) >= 11 is 0. The topological polar surface area (TPSA) is 104 Å². The highest BCUT2D eigenvalue weighted by molar-refractivity contribution is 5.92. The van der Waals surface area contributed by atoms with E-state index in [4.69, 9.17) is 0 Å². The van der Waals surface area contributed by atoms with Crippen molar-refractivity contribution in [3.63, 3.8) is 0 Å². The molecule has 1 aliphatic carbocycles. The molecule has 2 N–H and O–H groups in total. The van der Waals surface area contributed by atoms with E-state index >= 15 is 0 Å². The molecule has 35 heavy (non-hydrogen) atoms. The quantitative estimate of drug-likeness (QED) is 0.463. The Labute approximate surface area is 197 Å². The van der Waals surface area contributed by atoms with E-state index in [-0.39, 0.29) is 23.2 Å². The number of rotatable bonds is 4. The molecule has 0 bridgehead atoms. The Morgan fingerprint density at radius 2 is 2.03 bits per heavy atom. The van der Waals surface area contributed by atoms with Crippen LogP contribution in [0.4, 0.5) is 19.0 Å². The van der Waals surface area contributed by atoms with Crippen LogP contribution in [0.1, 0.15) is 58.4 Å². The summed E-state index contributed by atoms with van der Waals surface area (Å²) in [6, 6.07) is 3.42. The number of hydrogen-bond acceptors (Lipinski definition) is 6. The van der Waals surface area contributed by atoms with Crippen molar-refractivity contribution < 1.29 is 18.0 Å². The molecule has 0 saturated heterocycles. The van der Waals surface area contributed by atoms with Crippen LogP contribution >= 0.6 is 0 Å². The number of aromatic amines is 1. The number of hydrogen-bond donors (Lipinski definition) is 2. The van der Waals surface area contributed by atoms with Gasteiger partial charge in [-0.3, -0.25) is 4.79 Å². The fraction of sp³-hybridized carbons (Fsp3) is 0.348. The number of nitrogens with one attached hydrogen (secondary N) is 2. The largest absolute Gasteiger partial charge is 0.418 e. The van der Waals surface area contributed by atoms with Crippen molar-refractivity contribution in [2.45, 2.75) is 43.9 Å². The molecule has 1 amide bonds. The Morgan fingerprint density at radius 1 is 1.17 bits per heavy atom. The van der Waals surface area contributed by atoms with E-state index < -0.39 is 17.8 Å². The van der Waals surface area contributed by atoms with Crippen molar-refractivity contribution >= 4 is 17.2 Å². The smallest absolute Gasteiger partial charge is 0.348 e. The van der Waals surface area contributed by atoms with Crippen LogP contribution in [0.2, 0.25) is 0 Å². The van der Waals surface area contributed by atoms with E-state index in [1.807, 2.05) is 4.90 Å². The number of imidazole rings is 1. The minimum Gasteiger partial charge on any atom is -0.348 e. The summed E-state index contributed by atoms with van der Waals surface area (Å²) in [6.45, 7) is 0.516. The van der Waals surface area contributed by atoms with Crippen LogP contribution in [-0.2, 0) is 12.6 Å². The molecule has 1 fully saturated rings. The van der Waals surface area contributed by atoms with Gasteiger partial charge in [-0.1, -0.05) is 0 Å². The maximum absolute atomic E-state index is 13.6. The summed E-state index contributed by atoms with van der Waals surface area (Å²) in [7, 11) is 0. The minimum absolute atomic E-state index is 0.0355. The Kier molecular flexibility index (Phi) is 4.97. The van der Waals surface area contributed by atoms with E-state index in [9.17, 15) is 18.0 Å². The Balaban J connectivity index is 1.37. The molecule has 4 aromatic rings. The Morgan fingerprint density at radius 3 is 2.74 bits per heavy atom. The van der Waals surface area contributed by atoms with Gasteiger partial charge in [-0.2, -0.15) is 18.3 Å². The van der Waals surface area contributed by atoms with Crippen LogP contribution in [-0.4, -0.2) is 48.0 Å². The lowest BCUT2D eigenvalue weighted by Gasteiger charge is -2.34. The van der Waals surface area contributed by atoms with Gasteiger partial charge in [-0.05, 0) is 37.5 Å². The lowest BCUT2D eigenvalue weighted by atomic mass is 9.93. The highest BCUT2D eigenvalue weighted by atomic mass is 19.4. The van der Waals surface area contributed by atoms with Gasteiger partial charge in [0.15, 0.2) is 0 Å². The minimum atomic E-state index is -4.51. The van der Waals surface area contributed by atoms with Crippen molar-refractivity contribution in [2.24, 2.45) is 0 Å². The van der Waals surface area contributed by atoms with E-state index in [1.165, 1.54) is 35.2 Å². The molecule has 0 spiro atoms. The van der Waals surface area contributed by atoms with Crippen LogP contribution in [0.15, 0.2) is 43.1 Å². The zero-order chi connectivity index (χ0) is 24.2. The molecule has 180 valence electrons. The highest BCUT2D eigenvalue weighted by Gasteiger charge is 2.37. The molecule has 1 atom stereocenters. The Bertz CT molecular complexity index is 1390. The van der Waals surface area contributed by atoms with Crippen LogP contribution in [0.5, 0.6) is 0 Å². The van der Waals surface area contributed by atoms with Crippen LogP contribution < -0.4 is 10.2 Å². The number of carbonyl (C=O) groups is 1. The third-order valence-electron chi connectivity index (χ3n) is 6.64. The lowest BCUT2D eigenvalue weighted by molar-refractivity contribution is -0.136. The first kappa shape index (κ1) is 21.6. The maximum atomic E-state index is 13.6. The molecule has 6 rings (SSSR count). The van der Waals surface area contributed by atoms with Gasteiger partial charge in [0.2, 0.25) is 0 Å². The average molecular weight is 482 g/mol. The molecule has 12 heteroatoms. The summed E-state index contributed by atoms with van der Waals surface area (Å²) in [5, 5.41) is 7.40. The predicted octanol–water partition coefficient (Wildman–Crippen LogP) is 3.30. The van der Waals surface area contributed by atoms with E-state index in [2.05, 4.69) is 30.4 Å². The lowest BCUT2D eigenvalue weighted by Crippen LogP contribution is -2.40. The van der Waals surface area contributed by atoms with Crippen LogP contribution in [0.25, 0.3) is 5.52 Å². The number of nitrogens with zero attached hydrogens (tertiary/aromatic N) is 6. The van der Waals surface area contributed by atoms with Gasteiger partial charge in [0, 0.05) is 30.9 Å². The summed E-state index contributed by atoms with van der Waals surface area (Å²) in [6.07, 6.45) is 5.16. The third-order valence-corrected chi connectivity index (χ3v) is 6.64.